The molecular weight excluding hydrogens is 212 g/mol. The van der Waals surface area contributed by atoms with E-state index in [0.717, 1.165) is 0 Å². The summed E-state index contributed by atoms with van der Waals surface area (Å²) in [7, 11) is 0. The fourth-order valence-corrected chi connectivity index (χ4v) is 2.65. The second kappa shape index (κ2) is 5.79. The van der Waals surface area contributed by atoms with Gasteiger partial charge in [-0.3, -0.25) is 9.59 Å². The maximum atomic E-state index is 12.1. The van der Waals surface area contributed by atoms with Crippen LogP contribution in [0.3, 0.4) is 0 Å². The first-order chi connectivity index (χ1) is 7.82. The molecule has 1 rings (SSSR count). The van der Waals surface area contributed by atoms with Crippen molar-refractivity contribution in [2.45, 2.75) is 66.2 Å². The van der Waals surface area contributed by atoms with Gasteiger partial charge in [0.15, 0.2) is 0 Å². The van der Waals surface area contributed by atoms with Crippen molar-refractivity contribution in [2.24, 2.45) is 17.3 Å². The van der Waals surface area contributed by atoms with E-state index < -0.39 is 11.3 Å². The van der Waals surface area contributed by atoms with Crippen molar-refractivity contribution in [3.63, 3.8) is 0 Å². The monoisotopic (exact) mass is 238 g/mol. The highest BCUT2D eigenvalue weighted by molar-refractivity contribution is 6.04. The zero-order valence-corrected chi connectivity index (χ0v) is 11.7. The number of hydrogen-bond acceptors (Lipinski definition) is 2. The summed E-state index contributed by atoms with van der Waals surface area (Å²) in [6.07, 6.45) is 6.76. The lowest BCUT2D eigenvalue weighted by Crippen LogP contribution is -2.32. The first kappa shape index (κ1) is 14.4. The van der Waals surface area contributed by atoms with Crippen LogP contribution in [0.5, 0.6) is 0 Å². The van der Waals surface area contributed by atoms with Gasteiger partial charge in [0.25, 0.3) is 0 Å². The molecule has 0 aromatic carbocycles. The Kier molecular flexibility index (Phi) is 4.91. The fourth-order valence-electron chi connectivity index (χ4n) is 2.65. The van der Waals surface area contributed by atoms with Crippen molar-refractivity contribution in [1.82, 2.24) is 0 Å². The van der Waals surface area contributed by atoms with E-state index in [4.69, 9.17) is 0 Å². The maximum absolute atomic E-state index is 12.1. The van der Waals surface area contributed by atoms with Gasteiger partial charge in [-0.25, -0.2) is 0 Å². The van der Waals surface area contributed by atoms with Gasteiger partial charge in [-0.1, -0.05) is 52.9 Å². The van der Waals surface area contributed by atoms with Crippen molar-refractivity contribution in [3.8, 4) is 0 Å². The van der Waals surface area contributed by atoms with Crippen molar-refractivity contribution < 1.29 is 9.59 Å². The average Bonchev–Trinajstić information content (AvgIpc) is 2.27. The topological polar surface area (TPSA) is 34.1 Å². The van der Waals surface area contributed by atoms with E-state index in [1.54, 1.807) is 6.92 Å². The van der Waals surface area contributed by atoms with Crippen molar-refractivity contribution in [2.75, 3.05) is 0 Å². The highest BCUT2D eigenvalue weighted by Crippen LogP contribution is 2.29. The summed E-state index contributed by atoms with van der Waals surface area (Å²) in [4.78, 5) is 24.1. The fraction of sp³-hybridized carbons (Fsp3) is 0.867. The second-order valence-electron chi connectivity index (χ2n) is 6.51. The molecule has 1 aliphatic carbocycles. The molecular formula is C15H26O2. The smallest absolute Gasteiger partial charge is 0.148 e. The molecule has 1 aliphatic rings. The average molecular weight is 238 g/mol. The SMILES string of the molecule is CC(C(=O)CC1CCCCC1)C(=O)C(C)(C)C. The van der Waals surface area contributed by atoms with Gasteiger partial charge >= 0.3 is 0 Å². The van der Waals surface area contributed by atoms with E-state index in [1.807, 2.05) is 20.8 Å². The van der Waals surface area contributed by atoms with Crippen LogP contribution in [-0.2, 0) is 9.59 Å². The summed E-state index contributed by atoms with van der Waals surface area (Å²) >= 11 is 0. The first-order valence-electron chi connectivity index (χ1n) is 6.89. The normalized spacial score (nSPS) is 20.0. The van der Waals surface area contributed by atoms with Crippen molar-refractivity contribution >= 4 is 11.6 Å². The lowest BCUT2D eigenvalue weighted by Gasteiger charge is -2.24. The molecule has 2 heteroatoms. The molecule has 0 spiro atoms. The molecule has 0 amide bonds. The number of Topliss-reactive ketones (excluding diaryl/α,β-unsaturated/α-hetero) is 2. The minimum atomic E-state index is -0.420. The number of rotatable bonds is 4. The zero-order valence-electron chi connectivity index (χ0n) is 11.7. The van der Waals surface area contributed by atoms with Crippen LogP contribution in [0.1, 0.15) is 66.2 Å². The van der Waals surface area contributed by atoms with E-state index in [9.17, 15) is 9.59 Å². The van der Waals surface area contributed by atoms with Gasteiger partial charge in [0.2, 0.25) is 0 Å². The minimum absolute atomic E-state index is 0.0818. The van der Waals surface area contributed by atoms with Crippen LogP contribution >= 0.6 is 0 Å². The molecule has 0 saturated heterocycles. The lowest BCUT2D eigenvalue weighted by molar-refractivity contribution is -0.137. The van der Waals surface area contributed by atoms with Crippen LogP contribution in [0.25, 0.3) is 0 Å². The van der Waals surface area contributed by atoms with Crippen LogP contribution in [0.2, 0.25) is 0 Å². The molecule has 0 aliphatic heterocycles. The third kappa shape index (κ3) is 4.25. The predicted octanol–water partition coefficient (Wildman–Crippen LogP) is 3.78. The Morgan fingerprint density at radius 2 is 1.65 bits per heavy atom. The number of ketones is 2. The molecule has 1 unspecified atom stereocenters. The molecule has 1 atom stereocenters. The summed E-state index contributed by atoms with van der Waals surface area (Å²) in [5.41, 5.74) is -0.401. The van der Waals surface area contributed by atoms with Crippen LogP contribution in [0.4, 0.5) is 0 Å². The highest BCUT2D eigenvalue weighted by atomic mass is 16.2. The molecule has 1 fully saturated rings. The molecule has 1 saturated carbocycles. The summed E-state index contributed by atoms with van der Waals surface area (Å²) in [6, 6.07) is 0. The van der Waals surface area contributed by atoms with Gasteiger partial charge < -0.3 is 0 Å². The van der Waals surface area contributed by atoms with Gasteiger partial charge in [-0.15, -0.1) is 0 Å². The highest BCUT2D eigenvalue weighted by Gasteiger charge is 2.32. The Hall–Kier alpha value is -0.660. The van der Waals surface area contributed by atoms with Gasteiger partial charge in [0.1, 0.15) is 11.6 Å². The Morgan fingerprint density at radius 1 is 1.12 bits per heavy atom. The first-order valence-corrected chi connectivity index (χ1v) is 6.89. The van der Waals surface area contributed by atoms with Crippen molar-refractivity contribution in [3.05, 3.63) is 0 Å². The molecule has 0 aromatic heterocycles. The van der Waals surface area contributed by atoms with E-state index in [0.29, 0.717) is 12.3 Å². The van der Waals surface area contributed by atoms with E-state index in [-0.39, 0.29) is 11.6 Å². The molecule has 0 N–H and O–H groups in total. The van der Waals surface area contributed by atoms with Gasteiger partial charge in [-0.2, -0.15) is 0 Å². The zero-order chi connectivity index (χ0) is 13.1. The molecule has 98 valence electrons. The second-order valence-corrected chi connectivity index (χ2v) is 6.51. The number of carbonyl (C=O) groups excluding carboxylic acids is 2. The maximum Gasteiger partial charge on any atom is 0.148 e. The Morgan fingerprint density at radius 3 is 2.12 bits per heavy atom. The third-order valence-corrected chi connectivity index (χ3v) is 3.83. The summed E-state index contributed by atoms with van der Waals surface area (Å²) < 4.78 is 0. The van der Waals surface area contributed by atoms with Gasteiger partial charge in [0.05, 0.1) is 5.92 Å². The Labute approximate surface area is 105 Å². The molecule has 0 bridgehead atoms. The third-order valence-electron chi connectivity index (χ3n) is 3.83. The molecule has 0 heterocycles. The van der Waals surface area contributed by atoms with Crippen molar-refractivity contribution in [1.29, 1.82) is 0 Å². The minimum Gasteiger partial charge on any atom is -0.299 e. The van der Waals surface area contributed by atoms with E-state index in [2.05, 4.69) is 0 Å². The molecule has 2 nitrogen and oxygen atoms in total. The quantitative estimate of drug-likeness (QED) is 0.698. The van der Waals surface area contributed by atoms with E-state index >= 15 is 0 Å². The summed E-state index contributed by atoms with van der Waals surface area (Å²) in [6.45, 7) is 7.44. The standard InChI is InChI=1S/C15H26O2/c1-11(14(17)15(2,3)4)13(16)10-12-8-6-5-7-9-12/h11-12H,5-10H2,1-4H3. The van der Waals surface area contributed by atoms with Crippen LogP contribution < -0.4 is 0 Å². The summed E-state index contributed by atoms with van der Waals surface area (Å²) in [5.74, 6) is 0.346. The molecule has 0 radical (unpaired) electrons. The molecule has 0 aromatic rings. The predicted molar refractivity (Wildman–Crippen MR) is 69.8 cm³/mol. The van der Waals surface area contributed by atoms with E-state index in [1.165, 1.54) is 32.1 Å². The number of hydrogen-bond donors (Lipinski definition) is 0. The van der Waals surface area contributed by atoms with Crippen LogP contribution in [0.15, 0.2) is 0 Å². The molecule has 17 heavy (non-hydrogen) atoms. The number of carbonyl (C=O) groups is 2. The van der Waals surface area contributed by atoms with Gasteiger partial charge in [0, 0.05) is 11.8 Å². The Bertz CT molecular complexity index is 280. The summed E-state index contributed by atoms with van der Waals surface area (Å²) in [5, 5.41) is 0. The largest absolute Gasteiger partial charge is 0.299 e. The van der Waals surface area contributed by atoms with Crippen LogP contribution in [0, 0.1) is 17.3 Å². The lowest BCUT2D eigenvalue weighted by atomic mass is 9.78. The Balaban J connectivity index is 2.49. The van der Waals surface area contributed by atoms with Crippen LogP contribution in [-0.4, -0.2) is 11.6 Å². The van der Waals surface area contributed by atoms with Gasteiger partial charge in [-0.05, 0) is 12.8 Å².